The molecular weight excluding hydrogens is 288 g/mol. The lowest BCUT2D eigenvalue weighted by Crippen LogP contribution is -2.28. The molecule has 1 N–H and O–H groups in total. The highest BCUT2D eigenvalue weighted by atomic mass is 32.2. The van der Waals surface area contributed by atoms with Gasteiger partial charge in [0.05, 0.1) is 20.0 Å². The van der Waals surface area contributed by atoms with Crippen molar-refractivity contribution in [2.75, 3.05) is 47.2 Å². The van der Waals surface area contributed by atoms with Crippen molar-refractivity contribution < 1.29 is 14.3 Å². The largest absolute Gasteiger partial charge is 0.493 e. The fraction of sp³-hybridized carbons (Fsp3) is 0.533. The van der Waals surface area contributed by atoms with E-state index in [1.54, 1.807) is 14.2 Å². The highest BCUT2D eigenvalue weighted by molar-refractivity contribution is 8.00. The summed E-state index contributed by atoms with van der Waals surface area (Å²) in [6.45, 7) is 1.69. The lowest BCUT2D eigenvalue weighted by atomic mass is 10.3. The molecule has 0 unspecified atom stereocenters. The van der Waals surface area contributed by atoms with Gasteiger partial charge in [-0.3, -0.25) is 4.79 Å². The Labute approximate surface area is 131 Å². The van der Waals surface area contributed by atoms with Crippen LogP contribution < -0.4 is 14.8 Å². The highest BCUT2D eigenvalue weighted by Crippen LogP contribution is 2.31. The molecule has 0 aliphatic carbocycles. The molecule has 0 spiro atoms. The third-order valence-electron chi connectivity index (χ3n) is 2.83. The van der Waals surface area contributed by atoms with E-state index >= 15 is 0 Å². The zero-order valence-corrected chi connectivity index (χ0v) is 14.0. The van der Waals surface area contributed by atoms with E-state index in [9.17, 15) is 4.79 Å². The Hall–Kier alpha value is -1.40. The zero-order chi connectivity index (χ0) is 15.7. The van der Waals surface area contributed by atoms with Crippen LogP contribution in [0, 0.1) is 0 Å². The van der Waals surface area contributed by atoms with E-state index in [2.05, 4.69) is 10.2 Å². The Morgan fingerprint density at radius 2 is 1.95 bits per heavy atom. The molecule has 5 nitrogen and oxygen atoms in total. The van der Waals surface area contributed by atoms with Gasteiger partial charge >= 0.3 is 0 Å². The smallest absolute Gasteiger partial charge is 0.230 e. The fourth-order valence-electron chi connectivity index (χ4n) is 1.73. The normalized spacial score (nSPS) is 10.5. The molecule has 0 aromatic heterocycles. The number of thioether (sulfide) groups is 1. The van der Waals surface area contributed by atoms with Crippen molar-refractivity contribution in [3.05, 3.63) is 18.2 Å². The molecule has 0 radical (unpaired) electrons. The number of carbonyl (C=O) groups excluding carboxylic acids is 1. The first-order chi connectivity index (χ1) is 10.1. The quantitative estimate of drug-likeness (QED) is 0.557. The molecule has 21 heavy (non-hydrogen) atoms. The van der Waals surface area contributed by atoms with Crippen molar-refractivity contribution in [3.63, 3.8) is 0 Å². The highest BCUT2D eigenvalue weighted by Gasteiger charge is 2.07. The van der Waals surface area contributed by atoms with Crippen molar-refractivity contribution in [1.82, 2.24) is 10.2 Å². The summed E-state index contributed by atoms with van der Waals surface area (Å²) in [5.74, 6) is 1.81. The predicted molar refractivity (Wildman–Crippen MR) is 86.5 cm³/mol. The minimum absolute atomic E-state index is 0.0496. The van der Waals surface area contributed by atoms with Gasteiger partial charge in [-0.2, -0.15) is 0 Å². The topological polar surface area (TPSA) is 50.8 Å². The van der Waals surface area contributed by atoms with E-state index in [1.165, 1.54) is 11.8 Å². The lowest BCUT2D eigenvalue weighted by Gasteiger charge is -2.10. The zero-order valence-electron chi connectivity index (χ0n) is 13.1. The van der Waals surface area contributed by atoms with Gasteiger partial charge in [-0.05, 0) is 45.3 Å². The molecule has 6 heteroatoms. The van der Waals surface area contributed by atoms with Gasteiger partial charge in [0, 0.05) is 11.4 Å². The van der Waals surface area contributed by atoms with Gasteiger partial charge in [-0.1, -0.05) is 0 Å². The van der Waals surface area contributed by atoms with Crippen LogP contribution in [-0.4, -0.2) is 58.0 Å². The number of hydrogen-bond donors (Lipinski definition) is 1. The molecule has 0 aliphatic heterocycles. The Kier molecular flexibility index (Phi) is 8.00. The van der Waals surface area contributed by atoms with Gasteiger partial charge in [0.25, 0.3) is 0 Å². The number of nitrogens with one attached hydrogen (secondary N) is 1. The lowest BCUT2D eigenvalue weighted by molar-refractivity contribution is -0.118. The summed E-state index contributed by atoms with van der Waals surface area (Å²) < 4.78 is 10.4. The van der Waals surface area contributed by atoms with E-state index in [1.807, 2.05) is 32.3 Å². The first-order valence-electron chi connectivity index (χ1n) is 6.83. The molecule has 1 amide bonds. The van der Waals surface area contributed by atoms with E-state index in [4.69, 9.17) is 9.47 Å². The molecule has 0 saturated carbocycles. The van der Waals surface area contributed by atoms with Crippen molar-refractivity contribution in [2.45, 2.75) is 11.3 Å². The van der Waals surface area contributed by atoms with Gasteiger partial charge < -0.3 is 19.7 Å². The number of benzene rings is 1. The van der Waals surface area contributed by atoms with Gasteiger partial charge in [0.15, 0.2) is 11.5 Å². The number of hydrogen-bond acceptors (Lipinski definition) is 5. The minimum Gasteiger partial charge on any atom is -0.493 e. The van der Waals surface area contributed by atoms with Gasteiger partial charge in [-0.15, -0.1) is 11.8 Å². The molecule has 0 bridgehead atoms. The van der Waals surface area contributed by atoms with Gasteiger partial charge in [0.1, 0.15) is 0 Å². The molecular formula is C15H24N2O3S. The molecule has 0 saturated heterocycles. The molecule has 1 rings (SSSR count). The predicted octanol–water partition coefficient (Wildman–Crippen LogP) is 1.86. The van der Waals surface area contributed by atoms with Crippen molar-refractivity contribution in [3.8, 4) is 11.5 Å². The number of methoxy groups -OCH3 is 2. The Balaban J connectivity index is 2.36. The van der Waals surface area contributed by atoms with E-state index in [0.29, 0.717) is 23.8 Å². The third-order valence-corrected chi connectivity index (χ3v) is 3.82. The van der Waals surface area contributed by atoms with Crippen LogP contribution >= 0.6 is 11.8 Å². The number of carbonyl (C=O) groups is 1. The second kappa shape index (κ2) is 9.52. The van der Waals surface area contributed by atoms with Crippen LogP contribution in [0.5, 0.6) is 11.5 Å². The summed E-state index contributed by atoms with van der Waals surface area (Å²) in [7, 11) is 7.25. The second-order valence-electron chi connectivity index (χ2n) is 4.81. The number of ether oxygens (including phenoxy) is 2. The minimum atomic E-state index is 0.0496. The van der Waals surface area contributed by atoms with Crippen LogP contribution in [0.3, 0.4) is 0 Å². The molecule has 118 valence electrons. The monoisotopic (exact) mass is 312 g/mol. The average molecular weight is 312 g/mol. The van der Waals surface area contributed by atoms with Crippen LogP contribution in [0.1, 0.15) is 6.42 Å². The first kappa shape index (κ1) is 17.7. The Morgan fingerprint density at radius 3 is 2.57 bits per heavy atom. The van der Waals surface area contributed by atoms with Gasteiger partial charge in [0.2, 0.25) is 5.91 Å². The maximum absolute atomic E-state index is 11.7. The maximum Gasteiger partial charge on any atom is 0.230 e. The standard InChI is InChI=1S/C15H24N2O3S/c1-17(2)9-5-8-16-15(18)11-21-12-6-7-13(19-3)14(10-12)20-4/h6-7,10H,5,8-9,11H2,1-4H3,(H,16,18). The number of nitrogens with zero attached hydrogens (tertiary/aromatic N) is 1. The summed E-state index contributed by atoms with van der Waals surface area (Å²) in [6.07, 6.45) is 0.958. The average Bonchev–Trinajstić information content (AvgIpc) is 2.48. The third kappa shape index (κ3) is 6.73. The molecule has 0 atom stereocenters. The Morgan fingerprint density at radius 1 is 1.24 bits per heavy atom. The summed E-state index contributed by atoms with van der Waals surface area (Å²) in [6, 6.07) is 5.64. The summed E-state index contributed by atoms with van der Waals surface area (Å²) >= 11 is 1.48. The molecule has 0 fully saturated rings. The maximum atomic E-state index is 11.7. The van der Waals surface area contributed by atoms with Crippen LogP contribution in [0.4, 0.5) is 0 Å². The molecule has 0 heterocycles. The molecule has 1 aromatic rings. The fourth-order valence-corrected chi connectivity index (χ4v) is 2.48. The summed E-state index contributed by atoms with van der Waals surface area (Å²) in [5, 5.41) is 2.92. The van der Waals surface area contributed by atoms with E-state index < -0.39 is 0 Å². The summed E-state index contributed by atoms with van der Waals surface area (Å²) in [4.78, 5) is 14.8. The van der Waals surface area contributed by atoms with Crippen LogP contribution in [-0.2, 0) is 4.79 Å². The molecule has 0 aliphatic rings. The van der Waals surface area contributed by atoms with Crippen molar-refractivity contribution in [2.24, 2.45) is 0 Å². The SMILES string of the molecule is COc1ccc(SCC(=O)NCCCN(C)C)cc1OC. The van der Waals surface area contributed by atoms with Crippen LogP contribution in [0.25, 0.3) is 0 Å². The van der Waals surface area contributed by atoms with Crippen LogP contribution in [0.15, 0.2) is 23.1 Å². The second-order valence-corrected chi connectivity index (χ2v) is 5.86. The molecule has 1 aromatic carbocycles. The van der Waals surface area contributed by atoms with Crippen LogP contribution in [0.2, 0.25) is 0 Å². The van der Waals surface area contributed by atoms with E-state index in [-0.39, 0.29) is 5.91 Å². The number of rotatable bonds is 9. The summed E-state index contributed by atoms with van der Waals surface area (Å²) in [5.41, 5.74) is 0. The van der Waals surface area contributed by atoms with Crippen molar-refractivity contribution in [1.29, 1.82) is 0 Å². The Bertz CT molecular complexity index is 453. The van der Waals surface area contributed by atoms with Gasteiger partial charge in [-0.25, -0.2) is 0 Å². The van der Waals surface area contributed by atoms with E-state index in [0.717, 1.165) is 17.9 Å². The first-order valence-corrected chi connectivity index (χ1v) is 7.81. The van der Waals surface area contributed by atoms with Crippen molar-refractivity contribution >= 4 is 17.7 Å². The number of amides is 1.